The molecule has 0 fully saturated rings. The van der Waals surface area contributed by atoms with Gasteiger partial charge in [0.25, 0.3) is 9.84 Å². The van der Waals surface area contributed by atoms with E-state index in [1.54, 1.807) is 0 Å². The van der Waals surface area contributed by atoms with Gasteiger partial charge in [-0.15, -0.1) is 5.10 Å². The van der Waals surface area contributed by atoms with Crippen LogP contribution in [0.2, 0.25) is 0 Å². The summed E-state index contributed by atoms with van der Waals surface area (Å²) in [5.74, 6) is 0. The summed E-state index contributed by atoms with van der Waals surface area (Å²) < 4.78 is 20.8. The lowest BCUT2D eigenvalue weighted by atomic mass is 11.5. The van der Waals surface area contributed by atoms with Crippen molar-refractivity contribution < 1.29 is 8.42 Å². The fourth-order valence-corrected chi connectivity index (χ4v) is 1.73. The Morgan fingerprint density at radius 3 is 2.64 bits per heavy atom. The molecule has 58 valence electrons. The van der Waals surface area contributed by atoms with Crippen LogP contribution in [-0.2, 0) is 9.84 Å². The van der Waals surface area contributed by atoms with Gasteiger partial charge in [-0.05, 0) is 11.3 Å². The maximum absolute atomic E-state index is 10.6. The average molecular weight is 191 g/mol. The highest BCUT2D eigenvalue weighted by molar-refractivity contribution is 7.97. The van der Waals surface area contributed by atoms with E-state index in [9.17, 15) is 13.2 Å². The molecular formula is C3HN3O3S2. The van der Waals surface area contributed by atoms with Gasteiger partial charge in [0.2, 0.25) is 9.74 Å². The first-order valence-electron chi connectivity index (χ1n) is 2.27. The Morgan fingerprint density at radius 2 is 2.27 bits per heavy atom. The number of sulfone groups is 1. The summed E-state index contributed by atoms with van der Waals surface area (Å²) in [5.41, 5.74) is 0. The predicted octanol–water partition coefficient (Wildman–Crippen LogP) is -0.914. The quantitative estimate of drug-likeness (QED) is 0.457. The smallest absolute Gasteiger partial charge is 0.255 e. The van der Waals surface area contributed by atoms with E-state index in [-0.39, 0.29) is 0 Å². The van der Waals surface area contributed by atoms with Crippen molar-refractivity contribution in [2.75, 3.05) is 0 Å². The van der Waals surface area contributed by atoms with Crippen molar-refractivity contribution in [3.8, 4) is 5.40 Å². The van der Waals surface area contributed by atoms with Crippen molar-refractivity contribution in [2.45, 2.75) is 4.34 Å². The summed E-state index contributed by atoms with van der Waals surface area (Å²) in [6, 6.07) is 0. The van der Waals surface area contributed by atoms with E-state index >= 15 is 0 Å². The van der Waals surface area contributed by atoms with Gasteiger partial charge < -0.3 is 0 Å². The van der Waals surface area contributed by atoms with E-state index in [4.69, 9.17) is 5.26 Å². The number of aromatic nitrogens is 2. The summed E-state index contributed by atoms with van der Waals surface area (Å²) in [6.45, 7) is 0. The van der Waals surface area contributed by atoms with E-state index in [0.29, 0.717) is 11.3 Å². The zero-order valence-electron chi connectivity index (χ0n) is 4.94. The van der Waals surface area contributed by atoms with Crippen molar-refractivity contribution in [3.63, 3.8) is 0 Å². The van der Waals surface area contributed by atoms with Crippen LogP contribution in [0.15, 0.2) is 9.13 Å². The van der Waals surface area contributed by atoms with Crippen molar-refractivity contribution in [1.29, 1.82) is 5.26 Å². The van der Waals surface area contributed by atoms with Gasteiger partial charge in [-0.3, -0.25) is 4.79 Å². The van der Waals surface area contributed by atoms with Crippen LogP contribution in [0.3, 0.4) is 0 Å². The first-order chi connectivity index (χ1) is 5.06. The third-order valence-corrected chi connectivity index (χ3v) is 3.01. The molecule has 1 aromatic rings. The van der Waals surface area contributed by atoms with Crippen LogP contribution in [0.25, 0.3) is 0 Å². The van der Waals surface area contributed by atoms with Crippen LogP contribution in [-0.4, -0.2) is 18.6 Å². The molecule has 0 saturated carbocycles. The topological polar surface area (TPSA) is 104 Å². The highest BCUT2D eigenvalue weighted by Gasteiger charge is 2.17. The van der Waals surface area contributed by atoms with Crippen LogP contribution in [0.1, 0.15) is 0 Å². The first kappa shape index (κ1) is 7.90. The molecule has 1 rings (SSSR count). The number of H-pyrrole nitrogens is 1. The van der Waals surface area contributed by atoms with Crippen LogP contribution in [0.4, 0.5) is 0 Å². The summed E-state index contributed by atoms with van der Waals surface area (Å²) in [4.78, 5) is 9.78. The van der Waals surface area contributed by atoms with Gasteiger partial charge in [0.15, 0.2) is 0 Å². The zero-order valence-corrected chi connectivity index (χ0v) is 6.57. The standard InChI is InChI=1S/C3HN3O3S2/c4-1-11(8,9)3-6-5-2(7)10-3/h(H,5,7). The molecule has 11 heavy (non-hydrogen) atoms. The van der Waals surface area contributed by atoms with E-state index in [0.717, 1.165) is 5.40 Å². The van der Waals surface area contributed by atoms with Crippen molar-refractivity contribution in [2.24, 2.45) is 0 Å². The van der Waals surface area contributed by atoms with E-state index < -0.39 is 19.0 Å². The molecule has 0 radical (unpaired) electrons. The Labute approximate surface area is 65.0 Å². The molecule has 0 bridgehead atoms. The van der Waals surface area contributed by atoms with Gasteiger partial charge in [0, 0.05) is 0 Å². The molecule has 6 nitrogen and oxygen atoms in total. The lowest BCUT2D eigenvalue weighted by Crippen LogP contribution is -1.94. The fraction of sp³-hybridized carbons (Fsp3) is 0. The average Bonchev–Trinajstić information content (AvgIpc) is 2.36. The number of rotatable bonds is 1. The number of aromatic amines is 1. The second-order valence-corrected chi connectivity index (χ2v) is 4.27. The van der Waals surface area contributed by atoms with E-state index in [1.165, 1.54) is 0 Å². The van der Waals surface area contributed by atoms with E-state index in [2.05, 4.69) is 5.10 Å². The van der Waals surface area contributed by atoms with E-state index in [1.807, 2.05) is 5.10 Å². The number of hydrogen-bond acceptors (Lipinski definition) is 6. The van der Waals surface area contributed by atoms with Crippen LogP contribution in [0.5, 0.6) is 0 Å². The summed E-state index contributed by atoms with van der Waals surface area (Å²) >= 11 is 0.387. The minimum absolute atomic E-state index is 0.387. The number of thiocyanates is 1. The summed E-state index contributed by atoms with van der Waals surface area (Å²) in [5, 5.41) is 14.1. The molecule has 1 N–H and O–H groups in total. The van der Waals surface area contributed by atoms with Gasteiger partial charge in [-0.25, -0.2) is 13.5 Å². The maximum Gasteiger partial charge on any atom is 0.323 e. The Hall–Kier alpha value is -1.20. The molecule has 8 heteroatoms. The van der Waals surface area contributed by atoms with Crippen LogP contribution in [0, 0.1) is 10.7 Å². The molecule has 0 aliphatic heterocycles. The molecule has 0 aliphatic rings. The molecule has 0 saturated heterocycles. The molecule has 0 spiro atoms. The minimum Gasteiger partial charge on any atom is -0.255 e. The highest BCUT2D eigenvalue weighted by atomic mass is 32.2. The normalized spacial score (nSPS) is 10.8. The van der Waals surface area contributed by atoms with Gasteiger partial charge in [-0.2, -0.15) is 5.26 Å². The van der Waals surface area contributed by atoms with Crippen LogP contribution >= 0.6 is 11.3 Å². The minimum atomic E-state index is -4.00. The molecule has 0 aliphatic carbocycles. The van der Waals surface area contributed by atoms with Crippen molar-refractivity contribution in [1.82, 2.24) is 10.2 Å². The molecule has 0 aromatic carbocycles. The molecule has 1 heterocycles. The number of hydrogen-bond donors (Lipinski definition) is 1. The van der Waals surface area contributed by atoms with Crippen molar-refractivity contribution in [3.05, 3.63) is 9.67 Å². The second kappa shape index (κ2) is 2.44. The zero-order chi connectivity index (χ0) is 8.48. The Kier molecular flexibility index (Phi) is 1.76. The monoisotopic (exact) mass is 191 g/mol. The Balaban J connectivity index is 3.38. The third-order valence-electron chi connectivity index (χ3n) is 0.769. The Bertz CT molecular complexity index is 447. The molecule has 0 amide bonds. The largest absolute Gasteiger partial charge is 0.323 e. The molecule has 0 atom stereocenters. The SMILES string of the molecule is N#CS(=O)(=O)c1n[nH]c(=O)s1. The number of nitrogens with zero attached hydrogens (tertiary/aromatic N) is 2. The number of nitrogens with one attached hydrogen (secondary N) is 1. The summed E-state index contributed by atoms with van der Waals surface area (Å²) in [6.07, 6.45) is 0. The predicted molar refractivity (Wildman–Crippen MR) is 35.5 cm³/mol. The van der Waals surface area contributed by atoms with Gasteiger partial charge in [0.1, 0.15) is 0 Å². The van der Waals surface area contributed by atoms with Gasteiger partial charge in [-0.1, -0.05) is 0 Å². The molecular weight excluding hydrogens is 190 g/mol. The third kappa shape index (κ3) is 1.44. The lowest BCUT2D eigenvalue weighted by Gasteiger charge is -1.79. The lowest BCUT2D eigenvalue weighted by molar-refractivity contribution is 0.603. The summed E-state index contributed by atoms with van der Waals surface area (Å²) in [7, 11) is -4.00. The Morgan fingerprint density at radius 1 is 1.64 bits per heavy atom. The highest BCUT2D eigenvalue weighted by Crippen LogP contribution is 2.06. The van der Waals surface area contributed by atoms with Gasteiger partial charge in [0.05, 0.1) is 0 Å². The molecule has 0 unspecified atom stereocenters. The molecule has 1 aromatic heterocycles. The van der Waals surface area contributed by atoms with Crippen LogP contribution < -0.4 is 4.87 Å². The van der Waals surface area contributed by atoms with Crippen molar-refractivity contribution >= 4 is 21.2 Å². The first-order valence-corrected chi connectivity index (χ1v) is 4.57. The second-order valence-electron chi connectivity index (χ2n) is 1.47. The van der Waals surface area contributed by atoms with Gasteiger partial charge >= 0.3 is 4.87 Å². The fourth-order valence-electron chi connectivity index (χ4n) is 0.370. The maximum atomic E-state index is 10.6. The number of nitriles is 1.